The van der Waals surface area contributed by atoms with Crippen molar-refractivity contribution >= 4 is 22.8 Å². The molecule has 11 heavy (non-hydrogen) atoms. The van der Waals surface area contributed by atoms with E-state index in [-0.39, 0.29) is 11.8 Å². The van der Waals surface area contributed by atoms with E-state index in [1.807, 2.05) is 0 Å². The normalized spacial score (nSPS) is 23.6. The van der Waals surface area contributed by atoms with Gasteiger partial charge in [-0.25, -0.2) is 0 Å². The molecule has 0 amide bonds. The lowest BCUT2D eigenvalue weighted by Crippen LogP contribution is -2.14. The van der Waals surface area contributed by atoms with Crippen LogP contribution in [0.5, 0.6) is 0 Å². The molecule has 0 aliphatic carbocycles. The van der Waals surface area contributed by atoms with E-state index in [1.54, 1.807) is 0 Å². The second-order valence-electron chi connectivity index (χ2n) is 1.69. The SMILES string of the molecule is COC1=NS(O)(O)N=C1OC. The van der Waals surface area contributed by atoms with Gasteiger partial charge in [0.15, 0.2) is 0 Å². The van der Waals surface area contributed by atoms with Gasteiger partial charge in [0.25, 0.3) is 11.8 Å². The first kappa shape index (κ1) is 8.31. The molecule has 2 N–H and O–H groups in total. The zero-order chi connectivity index (χ0) is 8.48. The van der Waals surface area contributed by atoms with Crippen LogP contribution in [0.3, 0.4) is 0 Å². The highest BCUT2D eigenvalue weighted by Crippen LogP contribution is 2.45. The zero-order valence-corrected chi connectivity index (χ0v) is 6.83. The summed E-state index contributed by atoms with van der Waals surface area (Å²) in [7, 11) is -0.560. The fourth-order valence-corrected chi connectivity index (χ4v) is 1.36. The van der Waals surface area contributed by atoms with E-state index in [0.29, 0.717) is 0 Å². The Balaban J connectivity index is 2.89. The molecule has 0 unspecified atom stereocenters. The Kier molecular flexibility index (Phi) is 2.03. The van der Waals surface area contributed by atoms with E-state index in [2.05, 4.69) is 18.3 Å². The lowest BCUT2D eigenvalue weighted by molar-refractivity contribution is 0.371. The quantitative estimate of drug-likeness (QED) is 0.573. The first-order valence-corrected chi connectivity index (χ1v) is 4.11. The molecule has 0 saturated carbocycles. The summed E-state index contributed by atoms with van der Waals surface area (Å²) in [5.41, 5.74) is 0. The molecule has 0 bridgehead atoms. The maximum absolute atomic E-state index is 8.90. The fraction of sp³-hybridized carbons (Fsp3) is 0.500. The molecule has 0 aromatic carbocycles. The molecule has 0 aromatic rings. The Morgan fingerprint density at radius 1 is 1.09 bits per heavy atom. The highest BCUT2D eigenvalue weighted by molar-refractivity contribution is 8.22. The third kappa shape index (κ3) is 1.62. The van der Waals surface area contributed by atoms with E-state index in [9.17, 15) is 0 Å². The summed E-state index contributed by atoms with van der Waals surface area (Å²) >= 11 is 0. The lowest BCUT2D eigenvalue weighted by atomic mass is 10.6. The Morgan fingerprint density at radius 3 is 1.73 bits per heavy atom. The van der Waals surface area contributed by atoms with Crippen LogP contribution >= 0.6 is 11.0 Å². The van der Waals surface area contributed by atoms with Crippen LogP contribution in [0.1, 0.15) is 0 Å². The molecule has 0 saturated heterocycles. The van der Waals surface area contributed by atoms with Crippen LogP contribution in [-0.4, -0.2) is 35.1 Å². The molecular weight excluding hydrogens is 172 g/mol. The number of hydrogen-bond acceptors (Lipinski definition) is 6. The van der Waals surface area contributed by atoms with E-state index >= 15 is 0 Å². The van der Waals surface area contributed by atoms with Crippen molar-refractivity contribution in [3.8, 4) is 0 Å². The van der Waals surface area contributed by atoms with Crippen molar-refractivity contribution in [3.63, 3.8) is 0 Å². The summed E-state index contributed by atoms with van der Waals surface area (Å²) in [5.74, 6) is 0.0139. The largest absolute Gasteiger partial charge is 0.476 e. The van der Waals surface area contributed by atoms with Gasteiger partial charge in [-0.2, -0.15) is 0 Å². The van der Waals surface area contributed by atoms with Gasteiger partial charge in [-0.15, -0.1) is 0 Å². The maximum Gasteiger partial charge on any atom is 0.297 e. The standard InChI is InChI=1S/C4H8N2O4S/c1-9-3-4(10-2)6-11(7,8)5-3/h7-8H,1-2H3. The molecule has 7 heteroatoms. The molecule has 0 radical (unpaired) electrons. The average Bonchev–Trinajstić information content (AvgIpc) is 2.25. The van der Waals surface area contributed by atoms with Crippen molar-refractivity contribution in [2.75, 3.05) is 14.2 Å². The minimum Gasteiger partial charge on any atom is -0.476 e. The van der Waals surface area contributed by atoms with Crippen LogP contribution < -0.4 is 0 Å². The molecule has 1 heterocycles. The third-order valence-corrected chi connectivity index (χ3v) is 1.80. The minimum absolute atomic E-state index is 0.00694. The number of hydrogen-bond donors (Lipinski definition) is 2. The monoisotopic (exact) mass is 180 g/mol. The smallest absolute Gasteiger partial charge is 0.297 e. The fourth-order valence-electron chi connectivity index (χ4n) is 0.570. The molecular formula is C4H8N2O4S. The third-order valence-electron chi connectivity index (χ3n) is 0.980. The van der Waals surface area contributed by atoms with Crippen LogP contribution in [0.15, 0.2) is 8.80 Å². The molecule has 1 rings (SSSR count). The number of methoxy groups -OCH3 is 2. The number of ether oxygens (including phenoxy) is 2. The second kappa shape index (κ2) is 2.68. The van der Waals surface area contributed by atoms with Gasteiger partial charge in [0.2, 0.25) is 0 Å². The van der Waals surface area contributed by atoms with Crippen molar-refractivity contribution in [1.82, 2.24) is 0 Å². The van der Waals surface area contributed by atoms with Gasteiger partial charge >= 0.3 is 0 Å². The maximum atomic E-state index is 8.90. The predicted molar refractivity (Wildman–Crippen MR) is 41.7 cm³/mol. The van der Waals surface area contributed by atoms with Crippen LogP contribution in [0.25, 0.3) is 0 Å². The van der Waals surface area contributed by atoms with E-state index in [4.69, 9.17) is 9.11 Å². The summed E-state index contributed by atoms with van der Waals surface area (Å²) in [6, 6.07) is 0. The van der Waals surface area contributed by atoms with E-state index < -0.39 is 11.0 Å². The Labute approximate surface area is 65.2 Å². The van der Waals surface area contributed by atoms with Gasteiger partial charge in [0.1, 0.15) is 0 Å². The van der Waals surface area contributed by atoms with Crippen LogP contribution in [0.4, 0.5) is 0 Å². The molecule has 1 aliphatic rings. The summed E-state index contributed by atoms with van der Waals surface area (Å²) in [5, 5.41) is 0. The van der Waals surface area contributed by atoms with Gasteiger partial charge in [0.05, 0.1) is 14.2 Å². The average molecular weight is 180 g/mol. The molecule has 0 spiro atoms. The van der Waals surface area contributed by atoms with Gasteiger partial charge in [-0.05, 0) is 0 Å². The van der Waals surface area contributed by atoms with Crippen molar-refractivity contribution in [2.45, 2.75) is 0 Å². The second-order valence-corrected chi connectivity index (χ2v) is 3.04. The van der Waals surface area contributed by atoms with Crippen molar-refractivity contribution < 1.29 is 18.6 Å². The van der Waals surface area contributed by atoms with Gasteiger partial charge < -0.3 is 9.47 Å². The molecule has 0 atom stereocenters. The van der Waals surface area contributed by atoms with Gasteiger partial charge in [-0.1, -0.05) is 8.80 Å². The lowest BCUT2D eigenvalue weighted by Gasteiger charge is -2.13. The Morgan fingerprint density at radius 2 is 1.45 bits per heavy atom. The summed E-state index contributed by atoms with van der Waals surface area (Å²) in [4.78, 5) is 0. The number of nitrogens with zero attached hydrogens (tertiary/aromatic N) is 2. The van der Waals surface area contributed by atoms with Gasteiger partial charge in [-0.3, -0.25) is 9.11 Å². The van der Waals surface area contributed by atoms with Crippen molar-refractivity contribution in [2.24, 2.45) is 8.80 Å². The number of rotatable bonds is 0. The molecule has 0 fully saturated rings. The molecule has 0 aromatic heterocycles. The van der Waals surface area contributed by atoms with Crippen LogP contribution in [-0.2, 0) is 9.47 Å². The summed E-state index contributed by atoms with van der Waals surface area (Å²) in [6.45, 7) is 0. The van der Waals surface area contributed by atoms with Crippen molar-refractivity contribution in [3.05, 3.63) is 0 Å². The van der Waals surface area contributed by atoms with E-state index in [0.717, 1.165) is 0 Å². The summed E-state index contributed by atoms with van der Waals surface area (Å²) in [6.07, 6.45) is 0. The first-order valence-electron chi connectivity index (χ1n) is 2.65. The predicted octanol–water partition coefficient (Wildman–Crippen LogP) is 0.670. The molecule has 64 valence electrons. The van der Waals surface area contributed by atoms with Crippen LogP contribution in [0.2, 0.25) is 0 Å². The zero-order valence-electron chi connectivity index (χ0n) is 6.01. The Bertz CT molecular complexity index is 202. The molecule has 1 aliphatic heterocycles. The van der Waals surface area contributed by atoms with Crippen molar-refractivity contribution in [1.29, 1.82) is 0 Å². The van der Waals surface area contributed by atoms with Crippen LogP contribution in [0, 0.1) is 0 Å². The van der Waals surface area contributed by atoms with E-state index in [1.165, 1.54) is 14.2 Å². The topological polar surface area (TPSA) is 83.6 Å². The Hall–Kier alpha value is -0.790. The highest BCUT2D eigenvalue weighted by Gasteiger charge is 2.26. The minimum atomic E-state index is -3.24. The first-order chi connectivity index (χ1) is 5.09. The summed E-state index contributed by atoms with van der Waals surface area (Å²) < 4.78 is 33.8. The van der Waals surface area contributed by atoms with Gasteiger partial charge in [0, 0.05) is 11.0 Å². The molecule has 6 nitrogen and oxygen atoms in total. The highest BCUT2D eigenvalue weighted by atomic mass is 32.3.